The van der Waals surface area contributed by atoms with Crippen molar-refractivity contribution in [2.24, 2.45) is 5.92 Å². The molecule has 2 aliphatic rings. The fraction of sp³-hybridized carbons (Fsp3) is 0.409. The molecule has 0 spiro atoms. The number of rotatable bonds is 5. The zero-order chi connectivity index (χ0) is 20.4. The maximum absolute atomic E-state index is 13.2. The van der Waals surface area contributed by atoms with Crippen LogP contribution in [0.15, 0.2) is 30.6 Å². The molecular weight excluding hydrogens is 373 g/mol. The molecule has 29 heavy (non-hydrogen) atoms. The Morgan fingerprint density at radius 1 is 1.31 bits per heavy atom. The largest absolute Gasteiger partial charge is 0.457 e. The van der Waals surface area contributed by atoms with Gasteiger partial charge in [0.15, 0.2) is 0 Å². The number of hydrogen-bond donors (Lipinski definition) is 1. The van der Waals surface area contributed by atoms with Gasteiger partial charge in [0, 0.05) is 24.1 Å². The van der Waals surface area contributed by atoms with Crippen molar-refractivity contribution in [2.45, 2.75) is 32.8 Å². The molecule has 1 amide bonds. The predicted octanol–water partition coefficient (Wildman–Crippen LogP) is 3.09. The van der Waals surface area contributed by atoms with E-state index in [9.17, 15) is 14.0 Å². The number of likely N-dealkylation sites (tertiary alicyclic amines) is 1. The lowest BCUT2D eigenvalue weighted by atomic mass is 9.94. The molecule has 1 aromatic carbocycles. The summed E-state index contributed by atoms with van der Waals surface area (Å²) in [7, 11) is 0. The average molecular weight is 397 g/mol. The molecule has 0 aliphatic carbocycles. The monoisotopic (exact) mass is 397 g/mol. The molecule has 7 heteroatoms. The normalized spacial score (nSPS) is 17.1. The first-order chi connectivity index (χ1) is 14.0. The lowest BCUT2D eigenvalue weighted by Gasteiger charge is -2.31. The van der Waals surface area contributed by atoms with Crippen molar-refractivity contribution in [3.63, 3.8) is 0 Å². The molecule has 0 bridgehead atoms. The van der Waals surface area contributed by atoms with E-state index in [1.165, 1.54) is 17.8 Å². The van der Waals surface area contributed by atoms with Gasteiger partial charge < -0.3 is 15.0 Å². The van der Waals surface area contributed by atoms with Crippen molar-refractivity contribution in [3.05, 3.63) is 58.7 Å². The second-order valence-corrected chi connectivity index (χ2v) is 7.70. The first-order valence-electron chi connectivity index (χ1n) is 9.93. The Balaban J connectivity index is 1.27. The highest BCUT2D eigenvalue weighted by Crippen LogP contribution is 2.27. The average Bonchev–Trinajstić information content (AvgIpc) is 3.09. The van der Waals surface area contributed by atoms with E-state index in [1.807, 2.05) is 19.1 Å². The molecule has 3 heterocycles. The number of carbonyl (C=O) groups excluding carboxylic acids is 2. The van der Waals surface area contributed by atoms with Crippen LogP contribution in [-0.2, 0) is 22.6 Å². The van der Waals surface area contributed by atoms with Gasteiger partial charge in [0.2, 0.25) is 5.91 Å². The topological polar surface area (TPSA) is 71.5 Å². The summed E-state index contributed by atoms with van der Waals surface area (Å²) in [6, 6.07) is 5.16. The van der Waals surface area contributed by atoms with Crippen LogP contribution in [0.4, 0.5) is 10.1 Å². The molecule has 0 saturated carbocycles. The number of piperidine rings is 1. The number of nitrogens with one attached hydrogen (secondary N) is 1. The van der Waals surface area contributed by atoms with Crippen LogP contribution in [0.25, 0.3) is 0 Å². The molecule has 152 valence electrons. The third-order valence-corrected chi connectivity index (χ3v) is 5.91. The Labute approximate surface area is 169 Å². The summed E-state index contributed by atoms with van der Waals surface area (Å²) in [6.07, 6.45) is 5.02. The van der Waals surface area contributed by atoms with E-state index in [1.54, 1.807) is 0 Å². The summed E-state index contributed by atoms with van der Waals surface area (Å²) in [5.41, 5.74) is 4.47. The fourth-order valence-corrected chi connectivity index (χ4v) is 4.09. The first-order valence-corrected chi connectivity index (χ1v) is 9.93. The summed E-state index contributed by atoms with van der Waals surface area (Å²) >= 11 is 0. The van der Waals surface area contributed by atoms with Crippen molar-refractivity contribution in [3.8, 4) is 0 Å². The summed E-state index contributed by atoms with van der Waals surface area (Å²) in [6.45, 7) is 5.04. The predicted molar refractivity (Wildman–Crippen MR) is 106 cm³/mol. The summed E-state index contributed by atoms with van der Waals surface area (Å²) in [4.78, 5) is 30.2. The third-order valence-electron chi connectivity index (χ3n) is 5.91. The van der Waals surface area contributed by atoms with Crippen LogP contribution < -0.4 is 5.32 Å². The van der Waals surface area contributed by atoms with Gasteiger partial charge in [-0.1, -0.05) is 6.07 Å². The number of fused-ring (bicyclic) bond motifs is 1. The SMILES string of the molecule is Cc1c(CCN2CCC(C(=O)Nc3cncc(F)c3)CC2)ccc2c1COC2=O. The molecule has 6 nitrogen and oxygen atoms in total. The molecule has 2 aromatic rings. The molecular formula is C22H24FN3O3. The number of amides is 1. The van der Waals surface area contributed by atoms with Crippen LogP contribution in [0.5, 0.6) is 0 Å². The van der Waals surface area contributed by atoms with Gasteiger partial charge in [-0.15, -0.1) is 0 Å². The van der Waals surface area contributed by atoms with Crippen LogP contribution in [0.2, 0.25) is 0 Å². The van der Waals surface area contributed by atoms with Gasteiger partial charge in [-0.2, -0.15) is 0 Å². The van der Waals surface area contributed by atoms with Crippen LogP contribution in [0.3, 0.4) is 0 Å². The Hall–Kier alpha value is -2.80. The number of halogens is 1. The lowest BCUT2D eigenvalue weighted by Crippen LogP contribution is -2.39. The van der Waals surface area contributed by atoms with Gasteiger partial charge in [0.05, 0.1) is 23.6 Å². The summed E-state index contributed by atoms with van der Waals surface area (Å²) in [5, 5.41) is 2.76. The zero-order valence-electron chi connectivity index (χ0n) is 16.4. The van der Waals surface area contributed by atoms with Crippen LogP contribution >= 0.6 is 0 Å². The van der Waals surface area contributed by atoms with E-state index in [4.69, 9.17) is 4.74 Å². The van der Waals surface area contributed by atoms with Crippen molar-refractivity contribution < 1.29 is 18.7 Å². The minimum Gasteiger partial charge on any atom is -0.457 e. The Kier molecular flexibility index (Phi) is 5.58. The van der Waals surface area contributed by atoms with Gasteiger partial charge in [0.1, 0.15) is 12.4 Å². The van der Waals surface area contributed by atoms with Gasteiger partial charge in [-0.25, -0.2) is 9.18 Å². The zero-order valence-corrected chi connectivity index (χ0v) is 16.4. The van der Waals surface area contributed by atoms with Crippen molar-refractivity contribution in [1.82, 2.24) is 9.88 Å². The quantitative estimate of drug-likeness (QED) is 0.785. The van der Waals surface area contributed by atoms with Crippen LogP contribution in [-0.4, -0.2) is 41.4 Å². The summed E-state index contributed by atoms with van der Waals surface area (Å²) in [5.74, 6) is -0.838. The summed E-state index contributed by atoms with van der Waals surface area (Å²) < 4.78 is 18.3. The molecule has 0 atom stereocenters. The second-order valence-electron chi connectivity index (χ2n) is 7.70. The lowest BCUT2D eigenvalue weighted by molar-refractivity contribution is -0.121. The number of esters is 1. The number of anilines is 1. The molecule has 1 aromatic heterocycles. The molecule has 4 rings (SSSR count). The highest BCUT2D eigenvalue weighted by molar-refractivity contribution is 5.94. The van der Waals surface area contributed by atoms with E-state index < -0.39 is 5.82 Å². The number of nitrogens with zero attached hydrogens (tertiary/aromatic N) is 2. The molecule has 2 aliphatic heterocycles. The van der Waals surface area contributed by atoms with Crippen molar-refractivity contribution >= 4 is 17.6 Å². The Morgan fingerprint density at radius 2 is 2.10 bits per heavy atom. The Bertz CT molecular complexity index is 939. The van der Waals surface area contributed by atoms with Gasteiger partial charge in [0.25, 0.3) is 0 Å². The van der Waals surface area contributed by atoms with Gasteiger partial charge in [-0.3, -0.25) is 9.78 Å². The minimum atomic E-state index is -0.463. The second kappa shape index (κ2) is 8.29. The third kappa shape index (κ3) is 4.29. The number of cyclic esters (lactones) is 1. The maximum Gasteiger partial charge on any atom is 0.338 e. The fourth-order valence-electron chi connectivity index (χ4n) is 4.09. The van der Waals surface area contributed by atoms with Gasteiger partial charge in [-0.05, 0) is 56.5 Å². The number of ether oxygens (including phenoxy) is 1. The molecule has 1 saturated heterocycles. The molecule has 0 radical (unpaired) electrons. The smallest absolute Gasteiger partial charge is 0.338 e. The van der Waals surface area contributed by atoms with Crippen molar-refractivity contribution in [2.75, 3.05) is 25.0 Å². The maximum atomic E-state index is 13.2. The first kappa shape index (κ1) is 19.5. The minimum absolute atomic E-state index is 0.0700. The van der Waals surface area contributed by atoms with E-state index in [0.717, 1.165) is 56.2 Å². The van der Waals surface area contributed by atoms with E-state index >= 15 is 0 Å². The van der Waals surface area contributed by atoms with E-state index in [2.05, 4.69) is 15.2 Å². The molecule has 1 N–H and O–H groups in total. The molecule has 0 unspecified atom stereocenters. The highest BCUT2D eigenvalue weighted by atomic mass is 19.1. The van der Waals surface area contributed by atoms with Crippen LogP contribution in [0, 0.1) is 18.7 Å². The number of pyridine rings is 1. The number of carbonyl (C=O) groups is 2. The van der Waals surface area contributed by atoms with E-state index in [-0.39, 0.29) is 17.8 Å². The number of benzene rings is 1. The Morgan fingerprint density at radius 3 is 2.86 bits per heavy atom. The number of hydrogen-bond acceptors (Lipinski definition) is 5. The van der Waals surface area contributed by atoms with E-state index in [0.29, 0.717) is 17.9 Å². The number of aromatic nitrogens is 1. The highest BCUT2D eigenvalue weighted by Gasteiger charge is 2.26. The standard InChI is InChI=1S/C22H24FN3O3/c1-14-15(2-3-19-20(14)13-29-22(19)28)4-7-26-8-5-16(6-9-26)21(27)25-18-10-17(23)11-24-12-18/h2-3,10-12,16H,4-9,13H2,1H3,(H,25,27). The molecule has 1 fully saturated rings. The van der Waals surface area contributed by atoms with Crippen molar-refractivity contribution in [1.29, 1.82) is 0 Å². The van der Waals surface area contributed by atoms with Crippen LogP contribution in [0.1, 0.15) is 39.9 Å². The van der Waals surface area contributed by atoms with Gasteiger partial charge >= 0.3 is 5.97 Å².